The van der Waals surface area contributed by atoms with Crippen molar-refractivity contribution in [3.05, 3.63) is 45.4 Å². The van der Waals surface area contributed by atoms with E-state index in [-0.39, 0.29) is 0 Å². The lowest BCUT2D eigenvalue weighted by Gasteiger charge is -2.03. The van der Waals surface area contributed by atoms with Crippen LogP contribution in [-0.2, 0) is 19.6 Å². The fourth-order valence-corrected chi connectivity index (χ4v) is 2.94. The molecule has 2 aromatic rings. The Bertz CT molecular complexity index is 519. The van der Waals surface area contributed by atoms with Gasteiger partial charge in [0.1, 0.15) is 17.4 Å². The summed E-state index contributed by atoms with van der Waals surface area (Å²) >= 11 is 1.73. The molecule has 4 heteroatoms. The highest BCUT2D eigenvalue weighted by atomic mass is 32.1. The third-order valence-electron chi connectivity index (χ3n) is 2.88. The minimum absolute atomic E-state index is 0.546. The van der Waals surface area contributed by atoms with Crippen LogP contribution in [0.3, 0.4) is 0 Å². The van der Waals surface area contributed by atoms with Gasteiger partial charge in [0.2, 0.25) is 0 Å². The Morgan fingerprint density at radius 1 is 1.26 bits per heavy atom. The van der Waals surface area contributed by atoms with Gasteiger partial charge in [0.25, 0.3) is 0 Å². The molecular formula is C15H20N2OS. The second-order valence-corrected chi connectivity index (χ2v) is 5.63. The fraction of sp³-hybridized carbons (Fsp3) is 0.400. The number of hydrogen-bond donors (Lipinski definition) is 1. The molecule has 102 valence electrons. The first-order chi connectivity index (χ1) is 9.22. The highest BCUT2D eigenvalue weighted by molar-refractivity contribution is 7.11. The smallest absolute Gasteiger partial charge is 0.140 e. The van der Waals surface area contributed by atoms with E-state index in [1.54, 1.807) is 11.3 Å². The zero-order valence-electron chi connectivity index (χ0n) is 11.7. The van der Waals surface area contributed by atoms with E-state index in [2.05, 4.69) is 36.3 Å². The van der Waals surface area contributed by atoms with Crippen LogP contribution in [0.5, 0.6) is 5.75 Å². The molecule has 1 N–H and O–H groups in total. The SMILES string of the molecule is CCc1nc(COc2ccc(C)cc2)sc1CNC. The predicted octanol–water partition coefficient (Wildman–Crippen LogP) is 3.31. The van der Waals surface area contributed by atoms with Crippen molar-refractivity contribution >= 4 is 11.3 Å². The summed E-state index contributed by atoms with van der Waals surface area (Å²) < 4.78 is 5.77. The van der Waals surface area contributed by atoms with Crippen molar-refractivity contribution in [1.82, 2.24) is 10.3 Å². The quantitative estimate of drug-likeness (QED) is 0.879. The minimum atomic E-state index is 0.546. The van der Waals surface area contributed by atoms with Crippen LogP contribution in [0.1, 0.15) is 28.1 Å². The molecule has 19 heavy (non-hydrogen) atoms. The number of hydrogen-bond acceptors (Lipinski definition) is 4. The van der Waals surface area contributed by atoms with Crippen molar-refractivity contribution in [2.45, 2.75) is 33.4 Å². The van der Waals surface area contributed by atoms with E-state index in [4.69, 9.17) is 4.74 Å². The molecule has 0 saturated carbocycles. The summed E-state index contributed by atoms with van der Waals surface area (Å²) in [5.74, 6) is 0.897. The van der Waals surface area contributed by atoms with Crippen LogP contribution >= 0.6 is 11.3 Å². The molecule has 1 aromatic carbocycles. The summed E-state index contributed by atoms with van der Waals surface area (Å²) in [6.45, 7) is 5.64. The van der Waals surface area contributed by atoms with E-state index in [0.717, 1.165) is 23.7 Å². The Kier molecular flexibility index (Phi) is 4.93. The molecule has 3 nitrogen and oxygen atoms in total. The van der Waals surface area contributed by atoms with Gasteiger partial charge in [0.15, 0.2) is 0 Å². The number of ether oxygens (including phenoxy) is 1. The van der Waals surface area contributed by atoms with Crippen LogP contribution < -0.4 is 10.1 Å². The summed E-state index contributed by atoms with van der Waals surface area (Å²) in [4.78, 5) is 5.95. The zero-order valence-corrected chi connectivity index (χ0v) is 12.5. The lowest BCUT2D eigenvalue weighted by Crippen LogP contribution is -2.05. The second kappa shape index (κ2) is 6.68. The van der Waals surface area contributed by atoms with Gasteiger partial charge in [0, 0.05) is 11.4 Å². The van der Waals surface area contributed by atoms with Gasteiger partial charge in [-0.05, 0) is 32.5 Å². The van der Waals surface area contributed by atoms with Crippen molar-refractivity contribution in [3.8, 4) is 5.75 Å². The number of thiazole rings is 1. The first-order valence-electron chi connectivity index (χ1n) is 6.54. The summed E-state index contributed by atoms with van der Waals surface area (Å²) in [7, 11) is 1.96. The number of nitrogens with one attached hydrogen (secondary N) is 1. The molecule has 0 bridgehead atoms. The van der Waals surface area contributed by atoms with E-state index in [1.165, 1.54) is 16.1 Å². The molecule has 0 fully saturated rings. The molecule has 0 unspecified atom stereocenters. The molecule has 0 aliphatic rings. The Labute approximate surface area is 118 Å². The number of rotatable bonds is 6. The van der Waals surface area contributed by atoms with Gasteiger partial charge in [-0.2, -0.15) is 0 Å². The van der Waals surface area contributed by atoms with Crippen LogP contribution in [0, 0.1) is 6.92 Å². The molecule has 0 saturated heterocycles. The van der Waals surface area contributed by atoms with Gasteiger partial charge >= 0.3 is 0 Å². The van der Waals surface area contributed by atoms with Crippen molar-refractivity contribution in [3.63, 3.8) is 0 Å². The van der Waals surface area contributed by atoms with Crippen molar-refractivity contribution in [2.75, 3.05) is 7.05 Å². The van der Waals surface area contributed by atoms with Crippen LogP contribution in [0.25, 0.3) is 0 Å². The minimum Gasteiger partial charge on any atom is -0.486 e. The molecule has 2 rings (SSSR count). The van der Waals surface area contributed by atoms with Crippen LogP contribution in [-0.4, -0.2) is 12.0 Å². The Morgan fingerprint density at radius 2 is 2.00 bits per heavy atom. The molecule has 0 spiro atoms. The maximum absolute atomic E-state index is 5.77. The largest absolute Gasteiger partial charge is 0.486 e. The van der Waals surface area contributed by atoms with Gasteiger partial charge in [-0.3, -0.25) is 0 Å². The van der Waals surface area contributed by atoms with Crippen molar-refractivity contribution < 1.29 is 4.74 Å². The van der Waals surface area contributed by atoms with Crippen molar-refractivity contribution in [2.24, 2.45) is 0 Å². The Balaban J connectivity index is 2.01. The standard InChI is InChI=1S/C15H20N2OS/c1-4-13-14(9-16-3)19-15(17-13)10-18-12-7-5-11(2)6-8-12/h5-8,16H,4,9-10H2,1-3H3. The van der Waals surface area contributed by atoms with E-state index in [0.29, 0.717) is 6.61 Å². The highest BCUT2D eigenvalue weighted by Crippen LogP contribution is 2.21. The van der Waals surface area contributed by atoms with Crippen LogP contribution in [0.15, 0.2) is 24.3 Å². The van der Waals surface area contributed by atoms with E-state index >= 15 is 0 Å². The molecule has 1 aromatic heterocycles. The number of nitrogens with zero attached hydrogens (tertiary/aromatic N) is 1. The normalized spacial score (nSPS) is 10.7. The zero-order chi connectivity index (χ0) is 13.7. The molecule has 0 aliphatic heterocycles. The van der Waals surface area contributed by atoms with Gasteiger partial charge in [-0.1, -0.05) is 24.6 Å². The first kappa shape index (κ1) is 14.0. The van der Waals surface area contributed by atoms with E-state index in [9.17, 15) is 0 Å². The summed E-state index contributed by atoms with van der Waals surface area (Å²) in [6, 6.07) is 8.11. The van der Waals surface area contributed by atoms with Gasteiger partial charge in [-0.15, -0.1) is 11.3 Å². The molecule has 1 heterocycles. The molecular weight excluding hydrogens is 256 g/mol. The van der Waals surface area contributed by atoms with Gasteiger partial charge in [0.05, 0.1) is 5.69 Å². The third-order valence-corrected chi connectivity index (χ3v) is 3.95. The predicted molar refractivity (Wildman–Crippen MR) is 79.8 cm³/mol. The lowest BCUT2D eigenvalue weighted by molar-refractivity contribution is 0.305. The topological polar surface area (TPSA) is 34.1 Å². The molecule has 0 aliphatic carbocycles. The second-order valence-electron chi connectivity index (χ2n) is 4.46. The number of benzene rings is 1. The number of aromatic nitrogens is 1. The van der Waals surface area contributed by atoms with Gasteiger partial charge < -0.3 is 10.1 Å². The first-order valence-corrected chi connectivity index (χ1v) is 7.36. The highest BCUT2D eigenvalue weighted by Gasteiger charge is 2.09. The van der Waals surface area contributed by atoms with Crippen LogP contribution in [0.2, 0.25) is 0 Å². The molecule has 0 radical (unpaired) electrons. The maximum atomic E-state index is 5.77. The number of aryl methyl sites for hydroxylation is 2. The lowest BCUT2D eigenvalue weighted by atomic mass is 10.2. The van der Waals surface area contributed by atoms with Crippen LogP contribution in [0.4, 0.5) is 0 Å². The Hall–Kier alpha value is -1.39. The van der Waals surface area contributed by atoms with E-state index in [1.807, 2.05) is 19.2 Å². The van der Waals surface area contributed by atoms with Crippen molar-refractivity contribution in [1.29, 1.82) is 0 Å². The molecule has 0 atom stereocenters. The fourth-order valence-electron chi connectivity index (χ4n) is 1.85. The monoisotopic (exact) mass is 276 g/mol. The average molecular weight is 276 g/mol. The maximum Gasteiger partial charge on any atom is 0.140 e. The third kappa shape index (κ3) is 3.78. The summed E-state index contributed by atoms with van der Waals surface area (Å²) in [6.07, 6.45) is 0.970. The van der Waals surface area contributed by atoms with E-state index < -0.39 is 0 Å². The average Bonchev–Trinajstić information content (AvgIpc) is 2.81. The summed E-state index contributed by atoms with van der Waals surface area (Å²) in [5, 5.41) is 4.23. The molecule has 0 amide bonds. The summed E-state index contributed by atoms with van der Waals surface area (Å²) in [5.41, 5.74) is 2.42. The van der Waals surface area contributed by atoms with Gasteiger partial charge in [-0.25, -0.2) is 4.98 Å². The Morgan fingerprint density at radius 3 is 2.63 bits per heavy atom.